The molecule has 0 radical (unpaired) electrons. The molecule has 1 aliphatic heterocycles. The molecule has 1 aromatic carbocycles. The van der Waals surface area contributed by atoms with E-state index < -0.39 is 0 Å². The van der Waals surface area contributed by atoms with Crippen molar-refractivity contribution in [3.8, 4) is 23.7 Å². The maximum atomic E-state index is 5.60. The summed E-state index contributed by atoms with van der Waals surface area (Å²) in [6, 6.07) is 8.83. The maximum absolute atomic E-state index is 5.60. The minimum absolute atomic E-state index is 0.349. The summed E-state index contributed by atoms with van der Waals surface area (Å²) >= 11 is 1.83. The van der Waals surface area contributed by atoms with Crippen LogP contribution in [0.3, 0.4) is 0 Å². The fourth-order valence-corrected chi connectivity index (χ4v) is 5.05. The molecule has 0 amide bonds. The van der Waals surface area contributed by atoms with Crippen molar-refractivity contribution >= 4 is 38.0 Å². The molecular formula is C24H23N5OS. The summed E-state index contributed by atoms with van der Waals surface area (Å²) < 4.78 is 6.87. The summed E-state index contributed by atoms with van der Waals surface area (Å²) in [6.07, 6.45) is 7.27. The van der Waals surface area contributed by atoms with Crippen molar-refractivity contribution in [2.45, 2.75) is 33.0 Å². The van der Waals surface area contributed by atoms with Gasteiger partial charge in [-0.3, -0.25) is 0 Å². The number of ether oxygens (including phenoxy) is 1. The van der Waals surface area contributed by atoms with E-state index >= 15 is 0 Å². The molecule has 0 spiro atoms. The lowest BCUT2D eigenvalue weighted by atomic mass is 10.1. The Morgan fingerprint density at radius 2 is 2.16 bits per heavy atom. The van der Waals surface area contributed by atoms with Crippen molar-refractivity contribution in [1.82, 2.24) is 20.3 Å². The Bertz CT molecular complexity index is 1320. The van der Waals surface area contributed by atoms with E-state index in [1.54, 1.807) is 6.20 Å². The van der Waals surface area contributed by atoms with Crippen LogP contribution in [0.5, 0.6) is 0 Å². The molecular weight excluding hydrogens is 406 g/mol. The van der Waals surface area contributed by atoms with Crippen molar-refractivity contribution in [3.63, 3.8) is 0 Å². The summed E-state index contributed by atoms with van der Waals surface area (Å²) in [5, 5.41) is 9.59. The van der Waals surface area contributed by atoms with Crippen LogP contribution in [-0.2, 0) is 17.9 Å². The lowest BCUT2D eigenvalue weighted by Gasteiger charge is -2.11. The molecule has 156 valence electrons. The van der Waals surface area contributed by atoms with Crippen LogP contribution >= 0.6 is 11.3 Å². The Labute approximate surface area is 185 Å². The first-order valence-corrected chi connectivity index (χ1v) is 11.2. The van der Waals surface area contributed by atoms with Crippen LogP contribution in [0.15, 0.2) is 30.5 Å². The van der Waals surface area contributed by atoms with E-state index in [1.165, 1.54) is 20.7 Å². The van der Waals surface area contributed by atoms with Crippen LogP contribution in [0.2, 0.25) is 0 Å². The highest BCUT2D eigenvalue weighted by Crippen LogP contribution is 2.41. The van der Waals surface area contributed by atoms with Gasteiger partial charge in [-0.2, -0.15) is 0 Å². The summed E-state index contributed by atoms with van der Waals surface area (Å²) in [5.41, 5.74) is 4.52. The number of pyridine rings is 1. The number of benzene rings is 1. The van der Waals surface area contributed by atoms with Gasteiger partial charge in [-0.15, -0.1) is 17.8 Å². The first-order valence-electron chi connectivity index (χ1n) is 10.4. The van der Waals surface area contributed by atoms with Crippen molar-refractivity contribution in [3.05, 3.63) is 46.7 Å². The quantitative estimate of drug-likeness (QED) is 0.471. The smallest absolute Gasteiger partial charge is 0.205 e. The zero-order chi connectivity index (χ0) is 21.4. The molecule has 0 aliphatic carbocycles. The molecule has 4 aromatic rings. The van der Waals surface area contributed by atoms with Gasteiger partial charge in [0.1, 0.15) is 0 Å². The number of fused-ring (bicyclic) bond motifs is 5. The molecule has 6 nitrogen and oxygen atoms in total. The van der Waals surface area contributed by atoms with Gasteiger partial charge in [0.15, 0.2) is 0 Å². The number of nitrogens with one attached hydrogen (secondary N) is 2. The summed E-state index contributed by atoms with van der Waals surface area (Å²) in [5.74, 6) is 2.87. The Morgan fingerprint density at radius 3 is 3.00 bits per heavy atom. The monoisotopic (exact) mass is 429 g/mol. The number of thiophene rings is 1. The number of hydrogen-bond donors (Lipinski definition) is 2. The summed E-state index contributed by atoms with van der Waals surface area (Å²) in [4.78, 5) is 15.1. The maximum Gasteiger partial charge on any atom is 0.205 e. The highest BCUT2D eigenvalue weighted by atomic mass is 32.1. The van der Waals surface area contributed by atoms with Gasteiger partial charge in [0.25, 0.3) is 0 Å². The number of nitrogens with zero attached hydrogens (tertiary/aromatic N) is 3. The lowest BCUT2D eigenvalue weighted by molar-refractivity contribution is 0.134. The van der Waals surface area contributed by atoms with Crippen LogP contribution in [0, 0.1) is 12.3 Å². The molecule has 0 bridgehead atoms. The molecule has 4 heterocycles. The Balaban J connectivity index is 1.65. The van der Waals surface area contributed by atoms with Crippen LogP contribution in [0.1, 0.15) is 30.1 Å². The third-order valence-electron chi connectivity index (χ3n) is 5.49. The second-order valence-electron chi connectivity index (χ2n) is 7.61. The normalized spacial score (nSPS) is 16.0. The summed E-state index contributed by atoms with van der Waals surface area (Å²) in [7, 11) is 0. The predicted molar refractivity (Wildman–Crippen MR) is 126 cm³/mol. The van der Waals surface area contributed by atoms with Gasteiger partial charge in [0.05, 0.1) is 29.2 Å². The van der Waals surface area contributed by atoms with Gasteiger partial charge in [0.2, 0.25) is 5.82 Å². The Morgan fingerprint density at radius 1 is 1.26 bits per heavy atom. The average Bonchev–Trinajstić information content (AvgIpc) is 3.07. The van der Waals surface area contributed by atoms with E-state index in [4.69, 9.17) is 16.1 Å². The fourth-order valence-electron chi connectivity index (χ4n) is 3.90. The first kappa shape index (κ1) is 19.9. The van der Waals surface area contributed by atoms with Crippen molar-refractivity contribution < 1.29 is 4.74 Å². The molecule has 1 aliphatic rings. The molecule has 31 heavy (non-hydrogen) atoms. The van der Waals surface area contributed by atoms with Crippen molar-refractivity contribution in [2.24, 2.45) is 0 Å². The van der Waals surface area contributed by atoms with Crippen LogP contribution in [-0.4, -0.2) is 34.1 Å². The third kappa shape index (κ3) is 3.63. The minimum Gasteiger partial charge on any atom is -0.382 e. The van der Waals surface area contributed by atoms with Gasteiger partial charge in [-0.25, -0.2) is 15.0 Å². The van der Waals surface area contributed by atoms with Crippen molar-refractivity contribution in [2.75, 3.05) is 18.5 Å². The third-order valence-corrected chi connectivity index (χ3v) is 6.64. The zero-order valence-corrected chi connectivity index (χ0v) is 18.3. The van der Waals surface area contributed by atoms with E-state index in [2.05, 4.69) is 51.6 Å². The highest BCUT2D eigenvalue weighted by Gasteiger charge is 2.20. The second-order valence-corrected chi connectivity index (χ2v) is 8.75. The van der Waals surface area contributed by atoms with Crippen LogP contribution in [0.25, 0.3) is 32.4 Å². The molecule has 3 aromatic heterocycles. The zero-order valence-electron chi connectivity index (χ0n) is 17.5. The van der Waals surface area contributed by atoms with E-state index in [0.717, 1.165) is 40.9 Å². The van der Waals surface area contributed by atoms with Gasteiger partial charge in [-0.05, 0) is 44.0 Å². The predicted octanol–water partition coefficient (Wildman–Crippen LogP) is 4.33. The number of aromatic nitrogens is 3. The number of anilines is 1. The average molecular weight is 430 g/mol. The molecule has 1 atom stereocenters. The fraction of sp³-hybridized carbons (Fsp3) is 0.292. The number of rotatable bonds is 4. The van der Waals surface area contributed by atoms with Gasteiger partial charge in [0, 0.05) is 57.8 Å². The Hall–Kier alpha value is -3.05. The topological polar surface area (TPSA) is 72.0 Å². The lowest BCUT2D eigenvalue weighted by Crippen LogP contribution is -2.29. The highest BCUT2D eigenvalue weighted by molar-refractivity contribution is 7.20. The van der Waals surface area contributed by atoms with E-state index in [0.29, 0.717) is 25.1 Å². The molecule has 0 unspecified atom stereocenters. The molecule has 0 saturated carbocycles. The van der Waals surface area contributed by atoms with E-state index in [9.17, 15) is 0 Å². The number of hydrogen-bond acceptors (Lipinski definition) is 7. The van der Waals surface area contributed by atoms with Crippen LogP contribution in [0.4, 0.5) is 5.69 Å². The van der Waals surface area contributed by atoms with Gasteiger partial charge >= 0.3 is 0 Å². The van der Waals surface area contributed by atoms with Crippen molar-refractivity contribution in [1.29, 1.82) is 0 Å². The van der Waals surface area contributed by atoms with E-state index in [-0.39, 0.29) is 0 Å². The molecule has 0 saturated heterocycles. The SMILES string of the molecule is C#Cc1ncc(COCC)c(-c2ccc3c(ccc4sc5c(c43)NC[C@@H](C)NC5)n2)n1. The van der Waals surface area contributed by atoms with Gasteiger partial charge < -0.3 is 15.4 Å². The van der Waals surface area contributed by atoms with E-state index in [1.807, 2.05) is 24.3 Å². The first-order chi connectivity index (χ1) is 15.2. The molecule has 7 heteroatoms. The molecule has 5 rings (SSSR count). The standard InChI is InChI=1S/C24H23N5OS/c1-4-21-26-11-15(13-30-5-2)23(29-21)18-7-6-16-17(28-18)8-9-19-22(16)24-20(31-19)12-25-14(3)10-27-24/h1,6-9,11,14,25,27H,5,10,12-13H2,2-3H3/t14-/m1/s1. The minimum atomic E-state index is 0.349. The largest absolute Gasteiger partial charge is 0.382 e. The molecule has 2 N–H and O–H groups in total. The van der Waals surface area contributed by atoms with Gasteiger partial charge in [-0.1, -0.05) is 0 Å². The molecule has 0 fully saturated rings. The second kappa shape index (κ2) is 8.23. The Kier molecular flexibility index (Phi) is 5.28. The van der Waals surface area contributed by atoms with Crippen LogP contribution < -0.4 is 10.6 Å². The number of terminal acetylenes is 1. The summed E-state index contributed by atoms with van der Waals surface area (Å²) in [6.45, 7) is 6.98.